The van der Waals surface area contributed by atoms with Gasteiger partial charge in [-0.15, -0.1) is 23.7 Å². The predicted octanol–water partition coefficient (Wildman–Crippen LogP) is 2.10. The lowest BCUT2D eigenvalue weighted by Gasteiger charge is -2.10. The highest BCUT2D eigenvalue weighted by Gasteiger charge is 2.42. The highest BCUT2D eigenvalue weighted by atomic mass is 35.5. The number of thiazole rings is 1. The standard InChI is InChI=1S/C14H19F2N3OS.ClH/c15-14(16)7-10(18-8-14)13(20)17-6-5-12-19-9-3-1-2-4-11(9)21-12;/h10,18H,1-8H2,(H,17,20);1H. The maximum absolute atomic E-state index is 13.0. The lowest BCUT2D eigenvalue weighted by atomic mass is 10.0. The highest BCUT2D eigenvalue weighted by molar-refractivity contribution is 7.11. The van der Waals surface area contributed by atoms with Gasteiger partial charge in [-0.1, -0.05) is 0 Å². The van der Waals surface area contributed by atoms with Crippen molar-refractivity contribution in [2.24, 2.45) is 0 Å². The monoisotopic (exact) mass is 351 g/mol. The molecule has 1 amide bonds. The molecule has 0 radical (unpaired) electrons. The summed E-state index contributed by atoms with van der Waals surface area (Å²) in [5, 5.41) is 6.32. The highest BCUT2D eigenvalue weighted by Crippen LogP contribution is 2.27. The Bertz CT molecular complexity index is 515. The maximum Gasteiger partial charge on any atom is 0.262 e. The zero-order valence-electron chi connectivity index (χ0n) is 12.2. The molecule has 4 nitrogen and oxygen atoms in total. The van der Waals surface area contributed by atoms with Crippen LogP contribution < -0.4 is 10.6 Å². The minimum Gasteiger partial charge on any atom is -0.354 e. The molecule has 8 heteroatoms. The van der Waals surface area contributed by atoms with Crippen LogP contribution in [0, 0.1) is 0 Å². The van der Waals surface area contributed by atoms with E-state index >= 15 is 0 Å². The van der Waals surface area contributed by atoms with E-state index in [4.69, 9.17) is 0 Å². The Morgan fingerprint density at radius 1 is 1.41 bits per heavy atom. The van der Waals surface area contributed by atoms with Gasteiger partial charge in [0, 0.05) is 24.3 Å². The van der Waals surface area contributed by atoms with Crippen LogP contribution in [0.5, 0.6) is 0 Å². The van der Waals surface area contributed by atoms with Crippen LogP contribution in [0.1, 0.15) is 34.8 Å². The fraction of sp³-hybridized carbons (Fsp3) is 0.714. The smallest absolute Gasteiger partial charge is 0.262 e. The minimum absolute atomic E-state index is 0. The van der Waals surface area contributed by atoms with Gasteiger partial charge in [-0.2, -0.15) is 0 Å². The molecule has 1 fully saturated rings. The number of nitrogens with zero attached hydrogens (tertiary/aromatic N) is 1. The van der Waals surface area contributed by atoms with Crippen LogP contribution >= 0.6 is 23.7 Å². The number of alkyl halides is 2. The number of nitrogens with one attached hydrogen (secondary N) is 2. The molecule has 1 atom stereocenters. The van der Waals surface area contributed by atoms with Crippen LogP contribution in [0.2, 0.25) is 0 Å². The molecular formula is C14H20ClF2N3OS. The number of carbonyl (C=O) groups is 1. The van der Waals surface area contributed by atoms with Crippen molar-refractivity contribution >= 4 is 29.7 Å². The Morgan fingerprint density at radius 3 is 2.86 bits per heavy atom. The third-order valence-corrected chi connectivity index (χ3v) is 5.17. The summed E-state index contributed by atoms with van der Waals surface area (Å²) >= 11 is 1.72. The van der Waals surface area contributed by atoms with Crippen molar-refractivity contribution in [3.05, 3.63) is 15.6 Å². The van der Waals surface area contributed by atoms with Gasteiger partial charge in [0.2, 0.25) is 5.91 Å². The molecule has 2 heterocycles. The number of carbonyl (C=O) groups excluding carboxylic acids is 1. The average Bonchev–Trinajstić information content (AvgIpc) is 3.01. The molecule has 0 bridgehead atoms. The molecule has 1 saturated heterocycles. The Labute approximate surface area is 138 Å². The zero-order valence-corrected chi connectivity index (χ0v) is 13.8. The molecule has 0 spiro atoms. The van der Waals surface area contributed by atoms with E-state index in [-0.39, 0.29) is 18.3 Å². The minimum atomic E-state index is -2.77. The Hall–Kier alpha value is -0.790. The first-order valence-electron chi connectivity index (χ1n) is 7.40. The van der Waals surface area contributed by atoms with Gasteiger partial charge in [-0.25, -0.2) is 13.8 Å². The number of hydrogen-bond donors (Lipinski definition) is 2. The third-order valence-electron chi connectivity index (χ3n) is 3.95. The molecular weight excluding hydrogens is 332 g/mol. The molecule has 3 rings (SSSR count). The summed E-state index contributed by atoms with van der Waals surface area (Å²) in [6, 6.07) is -0.774. The van der Waals surface area contributed by atoms with Gasteiger partial charge in [0.25, 0.3) is 5.92 Å². The van der Waals surface area contributed by atoms with Gasteiger partial charge in [-0.3, -0.25) is 10.1 Å². The van der Waals surface area contributed by atoms with Crippen LogP contribution in [-0.2, 0) is 24.1 Å². The number of fused-ring (bicyclic) bond motifs is 1. The van der Waals surface area contributed by atoms with Crippen molar-refractivity contribution < 1.29 is 13.6 Å². The number of amides is 1. The summed E-state index contributed by atoms with van der Waals surface area (Å²) in [5.41, 5.74) is 1.21. The normalized spacial score (nSPS) is 22.7. The summed E-state index contributed by atoms with van der Waals surface area (Å²) in [5.74, 6) is -3.11. The van der Waals surface area contributed by atoms with E-state index in [9.17, 15) is 13.6 Å². The van der Waals surface area contributed by atoms with E-state index in [0.29, 0.717) is 13.0 Å². The van der Waals surface area contributed by atoms with E-state index in [1.165, 1.54) is 23.4 Å². The quantitative estimate of drug-likeness (QED) is 0.873. The second-order valence-corrected chi connectivity index (χ2v) is 6.89. The van der Waals surface area contributed by atoms with E-state index in [1.54, 1.807) is 11.3 Å². The molecule has 1 aromatic rings. The number of halogens is 3. The number of aryl methyl sites for hydroxylation is 2. The second kappa shape index (κ2) is 7.19. The van der Waals surface area contributed by atoms with Crippen LogP contribution in [0.25, 0.3) is 0 Å². The van der Waals surface area contributed by atoms with Crippen molar-refractivity contribution in [1.29, 1.82) is 0 Å². The average molecular weight is 352 g/mol. The van der Waals surface area contributed by atoms with Crippen LogP contribution in [0.4, 0.5) is 8.78 Å². The van der Waals surface area contributed by atoms with Crippen molar-refractivity contribution in [1.82, 2.24) is 15.6 Å². The number of rotatable bonds is 4. The van der Waals surface area contributed by atoms with E-state index in [0.717, 1.165) is 17.8 Å². The van der Waals surface area contributed by atoms with Gasteiger partial charge >= 0.3 is 0 Å². The first-order chi connectivity index (χ1) is 10.0. The van der Waals surface area contributed by atoms with Crippen LogP contribution in [-0.4, -0.2) is 35.9 Å². The SMILES string of the molecule is Cl.O=C(NCCc1nc2c(s1)CCCC2)C1CC(F)(F)CN1. The third kappa shape index (κ3) is 4.14. The predicted molar refractivity (Wildman–Crippen MR) is 84.1 cm³/mol. The van der Waals surface area contributed by atoms with Crippen molar-refractivity contribution in [2.45, 2.75) is 50.5 Å². The van der Waals surface area contributed by atoms with Crippen molar-refractivity contribution in [3.8, 4) is 0 Å². The Morgan fingerprint density at radius 2 is 2.18 bits per heavy atom. The Kier molecular flexibility index (Phi) is 5.74. The molecule has 2 N–H and O–H groups in total. The lowest BCUT2D eigenvalue weighted by Crippen LogP contribution is -2.41. The van der Waals surface area contributed by atoms with Crippen LogP contribution in [0.3, 0.4) is 0 Å². The lowest BCUT2D eigenvalue weighted by molar-refractivity contribution is -0.123. The first-order valence-corrected chi connectivity index (χ1v) is 8.21. The number of hydrogen-bond acceptors (Lipinski definition) is 4. The largest absolute Gasteiger partial charge is 0.354 e. The molecule has 1 aromatic heterocycles. The molecule has 1 unspecified atom stereocenters. The summed E-state index contributed by atoms with van der Waals surface area (Å²) < 4.78 is 26.0. The second-order valence-electron chi connectivity index (χ2n) is 5.72. The van der Waals surface area contributed by atoms with Gasteiger partial charge in [0.1, 0.15) is 0 Å². The fourth-order valence-corrected chi connectivity index (χ4v) is 3.99. The molecule has 1 aliphatic heterocycles. The van der Waals surface area contributed by atoms with E-state index < -0.39 is 24.9 Å². The summed E-state index contributed by atoms with van der Waals surface area (Å²) in [6.07, 6.45) is 4.86. The summed E-state index contributed by atoms with van der Waals surface area (Å²) in [6.45, 7) is 0.0409. The number of aromatic nitrogens is 1. The molecule has 0 saturated carbocycles. The zero-order chi connectivity index (χ0) is 14.9. The molecule has 0 aromatic carbocycles. The van der Waals surface area contributed by atoms with Gasteiger partial charge in [0.05, 0.1) is 23.3 Å². The maximum atomic E-state index is 13.0. The van der Waals surface area contributed by atoms with Crippen molar-refractivity contribution in [2.75, 3.05) is 13.1 Å². The summed E-state index contributed by atoms with van der Waals surface area (Å²) in [7, 11) is 0. The molecule has 22 heavy (non-hydrogen) atoms. The van der Waals surface area contributed by atoms with Gasteiger partial charge in [0.15, 0.2) is 0 Å². The van der Waals surface area contributed by atoms with Crippen LogP contribution in [0.15, 0.2) is 0 Å². The molecule has 124 valence electrons. The summed E-state index contributed by atoms with van der Waals surface area (Å²) in [4.78, 5) is 17.8. The van der Waals surface area contributed by atoms with E-state index in [1.807, 2.05) is 0 Å². The first kappa shape index (κ1) is 17.6. The molecule has 1 aliphatic carbocycles. The topological polar surface area (TPSA) is 54.0 Å². The Balaban J connectivity index is 0.00000176. The van der Waals surface area contributed by atoms with Gasteiger partial charge in [-0.05, 0) is 25.7 Å². The van der Waals surface area contributed by atoms with Gasteiger partial charge < -0.3 is 5.32 Å². The van der Waals surface area contributed by atoms with E-state index in [2.05, 4.69) is 15.6 Å². The fourth-order valence-electron chi connectivity index (χ4n) is 2.83. The molecule has 2 aliphatic rings. The van der Waals surface area contributed by atoms with Crippen molar-refractivity contribution in [3.63, 3.8) is 0 Å².